The Morgan fingerprint density at radius 2 is 1.45 bits per heavy atom. The second-order valence-electron chi connectivity index (χ2n) is 3.54. The first-order chi connectivity index (χ1) is 8.98. The topological polar surface area (TPSA) is 74.6 Å². The number of halogens is 6. The van der Waals surface area contributed by atoms with E-state index in [2.05, 4.69) is 0 Å². The maximum absolute atomic E-state index is 13.3. The second kappa shape index (κ2) is 5.02. The van der Waals surface area contributed by atoms with Gasteiger partial charge in [-0.25, -0.2) is 18.0 Å². The molecule has 0 bridgehead atoms. The van der Waals surface area contributed by atoms with E-state index in [1.54, 1.807) is 0 Å². The highest BCUT2D eigenvalue weighted by Gasteiger charge is 2.43. The van der Waals surface area contributed by atoms with Crippen LogP contribution in [0.15, 0.2) is 0 Å². The molecule has 1 aromatic carbocycles. The summed E-state index contributed by atoms with van der Waals surface area (Å²) in [5, 5.41) is 17.0. The molecule has 0 heterocycles. The molecule has 2 N–H and O–H groups in total. The van der Waals surface area contributed by atoms with Crippen LogP contribution in [0.25, 0.3) is 0 Å². The number of aromatic carboxylic acids is 1. The minimum Gasteiger partial charge on any atom is -0.481 e. The average Bonchev–Trinajstić information content (AvgIpc) is 2.26. The van der Waals surface area contributed by atoms with Crippen LogP contribution < -0.4 is 0 Å². The molecular formula is C10H4F6O4. The third-order valence-electron chi connectivity index (χ3n) is 2.25. The predicted octanol–water partition coefficient (Wildman–Crippen LogP) is 2.45. The summed E-state index contributed by atoms with van der Waals surface area (Å²) in [6.07, 6.45) is -7.19. The highest BCUT2D eigenvalue weighted by atomic mass is 19.4. The molecule has 1 aromatic rings. The van der Waals surface area contributed by atoms with Gasteiger partial charge in [0.15, 0.2) is 17.5 Å². The third-order valence-corrected chi connectivity index (χ3v) is 2.25. The van der Waals surface area contributed by atoms with Crippen LogP contribution in [0.4, 0.5) is 26.3 Å². The van der Waals surface area contributed by atoms with Crippen molar-refractivity contribution in [1.82, 2.24) is 0 Å². The molecule has 0 aliphatic carbocycles. The van der Waals surface area contributed by atoms with Crippen LogP contribution in [0.3, 0.4) is 0 Å². The highest BCUT2D eigenvalue weighted by Crippen LogP contribution is 2.38. The minimum absolute atomic E-state index is 1.55. The normalized spacial score (nSPS) is 11.5. The molecule has 0 fully saturated rings. The lowest BCUT2D eigenvalue weighted by Crippen LogP contribution is -2.22. The standard InChI is InChI=1S/C10H4F6O4/c11-6-2(1-3(17)18)4(9(19)20)5(10(14,15)16)7(12)8(6)13/h1H2,(H,17,18)(H,19,20). The predicted molar refractivity (Wildman–Crippen MR) is 49.6 cm³/mol. The van der Waals surface area contributed by atoms with E-state index in [1.807, 2.05) is 0 Å². The summed E-state index contributed by atoms with van der Waals surface area (Å²) in [5.74, 6) is -11.9. The lowest BCUT2D eigenvalue weighted by atomic mass is 9.96. The van der Waals surface area contributed by atoms with Gasteiger partial charge in [-0.3, -0.25) is 4.79 Å². The first kappa shape index (κ1) is 15.8. The molecule has 0 spiro atoms. The van der Waals surface area contributed by atoms with E-state index < -0.39 is 58.7 Å². The van der Waals surface area contributed by atoms with Crippen LogP contribution in [0.1, 0.15) is 21.5 Å². The molecule has 0 unspecified atom stereocenters. The molecule has 10 heteroatoms. The number of hydrogen-bond acceptors (Lipinski definition) is 2. The van der Waals surface area contributed by atoms with Crippen LogP contribution in [-0.4, -0.2) is 22.2 Å². The minimum atomic E-state index is -5.64. The van der Waals surface area contributed by atoms with Crippen molar-refractivity contribution in [3.05, 3.63) is 34.1 Å². The van der Waals surface area contributed by atoms with Gasteiger partial charge in [0.25, 0.3) is 0 Å². The number of carboxylic acids is 2. The van der Waals surface area contributed by atoms with Gasteiger partial charge in [0.2, 0.25) is 0 Å². The molecule has 110 valence electrons. The summed E-state index contributed by atoms with van der Waals surface area (Å²) in [5.41, 5.74) is -6.10. The maximum atomic E-state index is 13.3. The fourth-order valence-corrected chi connectivity index (χ4v) is 1.53. The summed E-state index contributed by atoms with van der Waals surface area (Å²) >= 11 is 0. The number of carboxylic acid groups (broad SMARTS) is 2. The smallest absolute Gasteiger partial charge is 0.420 e. The van der Waals surface area contributed by atoms with E-state index in [1.165, 1.54) is 0 Å². The van der Waals surface area contributed by atoms with E-state index in [-0.39, 0.29) is 0 Å². The van der Waals surface area contributed by atoms with Crippen LogP contribution >= 0.6 is 0 Å². The largest absolute Gasteiger partial charge is 0.481 e. The van der Waals surface area contributed by atoms with Gasteiger partial charge in [0, 0.05) is 5.56 Å². The Labute approximate surface area is 106 Å². The summed E-state index contributed by atoms with van der Waals surface area (Å²) in [6.45, 7) is 0. The third kappa shape index (κ3) is 2.68. The Morgan fingerprint density at radius 3 is 1.80 bits per heavy atom. The van der Waals surface area contributed by atoms with Gasteiger partial charge in [-0.05, 0) is 0 Å². The highest BCUT2D eigenvalue weighted by molar-refractivity contribution is 5.93. The lowest BCUT2D eigenvalue weighted by molar-refractivity contribution is -0.141. The molecule has 0 aromatic heterocycles. The number of hydrogen-bond donors (Lipinski definition) is 2. The molecule has 0 amide bonds. The van der Waals surface area contributed by atoms with Crippen molar-refractivity contribution in [2.45, 2.75) is 12.6 Å². The maximum Gasteiger partial charge on any atom is 0.420 e. The van der Waals surface area contributed by atoms with Crippen LogP contribution in [0.5, 0.6) is 0 Å². The molecule has 0 saturated heterocycles. The Morgan fingerprint density at radius 1 is 0.950 bits per heavy atom. The zero-order valence-electron chi connectivity index (χ0n) is 9.19. The number of aliphatic carboxylic acids is 1. The molecule has 0 atom stereocenters. The summed E-state index contributed by atoms with van der Waals surface area (Å²) in [6, 6.07) is 0. The van der Waals surface area contributed by atoms with Gasteiger partial charge >= 0.3 is 18.1 Å². The van der Waals surface area contributed by atoms with Crippen molar-refractivity contribution in [2.24, 2.45) is 0 Å². The Hall–Kier alpha value is -2.26. The van der Waals surface area contributed by atoms with Crippen molar-refractivity contribution in [3.8, 4) is 0 Å². The fourth-order valence-electron chi connectivity index (χ4n) is 1.53. The Balaban J connectivity index is 3.89. The molecule has 20 heavy (non-hydrogen) atoms. The zero-order chi connectivity index (χ0) is 15.8. The molecule has 4 nitrogen and oxygen atoms in total. The number of rotatable bonds is 3. The number of benzene rings is 1. The van der Waals surface area contributed by atoms with Crippen molar-refractivity contribution >= 4 is 11.9 Å². The molecule has 0 aliphatic rings. The monoisotopic (exact) mass is 302 g/mol. The van der Waals surface area contributed by atoms with Crippen LogP contribution in [0, 0.1) is 17.5 Å². The van der Waals surface area contributed by atoms with Crippen molar-refractivity contribution in [3.63, 3.8) is 0 Å². The summed E-state index contributed by atoms with van der Waals surface area (Å²) < 4.78 is 77.2. The van der Waals surface area contributed by atoms with Gasteiger partial charge in [0.1, 0.15) is 5.56 Å². The summed E-state index contributed by atoms with van der Waals surface area (Å²) in [7, 11) is 0. The Bertz CT molecular complexity index is 593. The van der Waals surface area contributed by atoms with Gasteiger partial charge in [-0.15, -0.1) is 0 Å². The van der Waals surface area contributed by atoms with Crippen molar-refractivity contribution in [1.29, 1.82) is 0 Å². The van der Waals surface area contributed by atoms with Gasteiger partial charge < -0.3 is 10.2 Å². The number of alkyl halides is 3. The molecule has 0 radical (unpaired) electrons. The molecule has 0 saturated carbocycles. The van der Waals surface area contributed by atoms with Crippen LogP contribution in [-0.2, 0) is 17.4 Å². The lowest BCUT2D eigenvalue weighted by Gasteiger charge is -2.16. The van der Waals surface area contributed by atoms with E-state index in [0.29, 0.717) is 0 Å². The van der Waals surface area contributed by atoms with Gasteiger partial charge in [0.05, 0.1) is 12.0 Å². The van der Waals surface area contributed by atoms with Crippen LogP contribution in [0.2, 0.25) is 0 Å². The average molecular weight is 302 g/mol. The molecular weight excluding hydrogens is 298 g/mol. The van der Waals surface area contributed by atoms with Gasteiger partial charge in [-0.1, -0.05) is 0 Å². The second-order valence-corrected chi connectivity index (χ2v) is 3.54. The van der Waals surface area contributed by atoms with Gasteiger partial charge in [-0.2, -0.15) is 13.2 Å². The molecule has 0 aliphatic heterocycles. The van der Waals surface area contributed by atoms with E-state index in [9.17, 15) is 35.9 Å². The van der Waals surface area contributed by atoms with E-state index in [0.717, 1.165) is 0 Å². The molecule has 1 rings (SSSR count). The quantitative estimate of drug-likeness (QED) is 0.664. The Kier molecular flexibility index (Phi) is 3.97. The van der Waals surface area contributed by atoms with Crippen molar-refractivity contribution < 1.29 is 46.1 Å². The number of carbonyl (C=O) groups is 2. The fraction of sp³-hybridized carbons (Fsp3) is 0.200. The van der Waals surface area contributed by atoms with E-state index >= 15 is 0 Å². The van der Waals surface area contributed by atoms with E-state index in [4.69, 9.17) is 10.2 Å². The van der Waals surface area contributed by atoms with Crippen molar-refractivity contribution in [2.75, 3.05) is 0 Å². The summed E-state index contributed by atoms with van der Waals surface area (Å²) in [4.78, 5) is 21.1. The first-order valence-electron chi connectivity index (χ1n) is 4.70. The zero-order valence-corrected chi connectivity index (χ0v) is 9.19. The SMILES string of the molecule is O=C(O)Cc1c(F)c(F)c(F)c(C(F)(F)F)c1C(=O)O. The first-order valence-corrected chi connectivity index (χ1v) is 4.70.